The van der Waals surface area contributed by atoms with Crippen LogP contribution in [0.2, 0.25) is 0 Å². The molecule has 0 amide bonds. The van der Waals surface area contributed by atoms with E-state index in [1.807, 2.05) is 6.07 Å². The van der Waals surface area contributed by atoms with Gasteiger partial charge in [-0.15, -0.1) is 0 Å². The first-order valence-corrected chi connectivity index (χ1v) is 12.0. The first-order chi connectivity index (χ1) is 13.8. The third-order valence-electron chi connectivity index (χ3n) is 5.66. The van der Waals surface area contributed by atoms with Gasteiger partial charge in [0, 0.05) is 31.3 Å². The number of hydrogen-bond donors (Lipinski definition) is 1. The normalized spacial score (nSPS) is 21.0. The van der Waals surface area contributed by atoms with Crippen molar-refractivity contribution in [2.24, 2.45) is 7.05 Å². The highest BCUT2D eigenvalue weighted by atomic mass is 32.2. The summed E-state index contributed by atoms with van der Waals surface area (Å²) < 4.78 is 33.3. The SMILES string of the molecule is Cn1cccc([C@@H](CNS(C)(=O)=O)CO[C@H]2CC[C@@H](c3ccccc3)CC2)c1=O. The fourth-order valence-electron chi connectivity index (χ4n) is 3.98. The predicted octanol–water partition coefficient (Wildman–Crippen LogP) is 2.76. The summed E-state index contributed by atoms with van der Waals surface area (Å²) >= 11 is 0. The Bertz CT molecular complexity index is 948. The lowest BCUT2D eigenvalue weighted by Gasteiger charge is -2.30. The van der Waals surface area contributed by atoms with Crippen LogP contribution < -0.4 is 10.3 Å². The van der Waals surface area contributed by atoms with Crippen molar-refractivity contribution in [3.8, 4) is 0 Å². The molecule has 0 bridgehead atoms. The zero-order chi connectivity index (χ0) is 20.9. The van der Waals surface area contributed by atoms with Gasteiger partial charge in [0.05, 0.1) is 19.0 Å². The Balaban J connectivity index is 1.61. The van der Waals surface area contributed by atoms with Gasteiger partial charge < -0.3 is 9.30 Å². The zero-order valence-electron chi connectivity index (χ0n) is 17.1. The molecule has 158 valence electrons. The molecule has 3 rings (SSSR count). The van der Waals surface area contributed by atoms with E-state index in [1.165, 1.54) is 10.1 Å². The third-order valence-corrected chi connectivity index (χ3v) is 6.35. The summed E-state index contributed by atoms with van der Waals surface area (Å²) in [4.78, 5) is 12.5. The summed E-state index contributed by atoms with van der Waals surface area (Å²) in [6.07, 6.45) is 7.06. The summed E-state index contributed by atoms with van der Waals surface area (Å²) in [7, 11) is -1.65. The molecular formula is C22H30N2O4S. The molecule has 1 aliphatic carbocycles. The number of sulfonamides is 1. The Morgan fingerprint density at radius 3 is 2.45 bits per heavy atom. The van der Waals surface area contributed by atoms with Crippen molar-refractivity contribution in [3.63, 3.8) is 0 Å². The number of aromatic nitrogens is 1. The van der Waals surface area contributed by atoms with Crippen LogP contribution in [0.15, 0.2) is 53.5 Å². The molecule has 0 aliphatic heterocycles. The van der Waals surface area contributed by atoms with Crippen LogP contribution in [0.5, 0.6) is 0 Å². The van der Waals surface area contributed by atoms with E-state index in [2.05, 4.69) is 29.0 Å². The Kier molecular flexibility index (Phi) is 7.27. The fraction of sp³-hybridized carbons (Fsp3) is 0.500. The maximum absolute atomic E-state index is 12.5. The maximum atomic E-state index is 12.5. The highest BCUT2D eigenvalue weighted by Gasteiger charge is 2.25. The summed E-state index contributed by atoms with van der Waals surface area (Å²) in [5, 5.41) is 0. The highest BCUT2D eigenvalue weighted by molar-refractivity contribution is 7.88. The number of pyridine rings is 1. The lowest BCUT2D eigenvalue weighted by molar-refractivity contribution is 0.0168. The second-order valence-electron chi connectivity index (χ2n) is 7.91. The van der Waals surface area contributed by atoms with E-state index in [-0.39, 0.29) is 24.1 Å². The molecule has 29 heavy (non-hydrogen) atoms. The van der Waals surface area contributed by atoms with Crippen molar-refractivity contribution in [2.45, 2.75) is 43.6 Å². The average Bonchev–Trinajstić information content (AvgIpc) is 2.71. The van der Waals surface area contributed by atoms with Crippen LogP contribution in [0.25, 0.3) is 0 Å². The molecule has 1 N–H and O–H groups in total. The van der Waals surface area contributed by atoms with Gasteiger partial charge in [-0.05, 0) is 43.2 Å². The summed E-state index contributed by atoms with van der Waals surface area (Å²) in [5.74, 6) is 0.247. The maximum Gasteiger partial charge on any atom is 0.253 e. The summed E-state index contributed by atoms with van der Waals surface area (Å²) in [5.41, 5.74) is 1.84. The number of rotatable bonds is 8. The van der Waals surface area contributed by atoms with Crippen molar-refractivity contribution in [1.82, 2.24) is 9.29 Å². The van der Waals surface area contributed by atoms with Gasteiger partial charge >= 0.3 is 0 Å². The largest absolute Gasteiger partial charge is 0.378 e. The van der Waals surface area contributed by atoms with Gasteiger partial charge in [-0.3, -0.25) is 4.79 Å². The van der Waals surface area contributed by atoms with Gasteiger partial charge in [0.2, 0.25) is 10.0 Å². The van der Waals surface area contributed by atoms with E-state index in [0.717, 1.165) is 31.9 Å². The van der Waals surface area contributed by atoms with Crippen LogP contribution in [0.1, 0.15) is 48.6 Å². The molecule has 1 aliphatic rings. The third kappa shape index (κ3) is 6.26. The summed E-state index contributed by atoms with van der Waals surface area (Å²) in [6, 6.07) is 14.1. The monoisotopic (exact) mass is 418 g/mol. The first kappa shape index (κ1) is 21.7. The van der Waals surface area contributed by atoms with Crippen molar-refractivity contribution in [2.75, 3.05) is 19.4 Å². The van der Waals surface area contributed by atoms with Crippen LogP contribution in [0, 0.1) is 0 Å². The second-order valence-corrected chi connectivity index (χ2v) is 9.75. The Hall–Kier alpha value is -1.96. The molecule has 7 heteroatoms. The van der Waals surface area contributed by atoms with Gasteiger partial charge in [0.25, 0.3) is 5.56 Å². The van der Waals surface area contributed by atoms with E-state index < -0.39 is 10.0 Å². The number of nitrogens with zero attached hydrogens (tertiary/aromatic N) is 1. The number of benzene rings is 1. The van der Waals surface area contributed by atoms with Crippen molar-refractivity contribution in [1.29, 1.82) is 0 Å². The van der Waals surface area contributed by atoms with E-state index in [4.69, 9.17) is 4.74 Å². The second kappa shape index (κ2) is 9.69. The van der Waals surface area contributed by atoms with Crippen molar-refractivity contribution in [3.05, 3.63) is 70.1 Å². The van der Waals surface area contributed by atoms with E-state index >= 15 is 0 Å². The van der Waals surface area contributed by atoms with Gasteiger partial charge in [0.15, 0.2) is 0 Å². The lowest BCUT2D eigenvalue weighted by atomic mass is 9.83. The Morgan fingerprint density at radius 1 is 1.10 bits per heavy atom. The smallest absolute Gasteiger partial charge is 0.253 e. The van der Waals surface area contributed by atoms with Crippen LogP contribution in [-0.2, 0) is 21.8 Å². The Labute approximate surface area is 173 Å². The molecular weight excluding hydrogens is 388 g/mol. The molecule has 2 aromatic rings. The minimum Gasteiger partial charge on any atom is -0.378 e. The van der Waals surface area contributed by atoms with Crippen molar-refractivity contribution < 1.29 is 13.2 Å². The minimum atomic E-state index is -3.35. The first-order valence-electron chi connectivity index (χ1n) is 10.1. The number of nitrogens with one attached hydrogen (secondary N) is 1. The molecule has 6 nitrogen and oxygen atoms in total. The van der Waals surface area contributed by atoms with E-state index in [9.17, 15) is 13.2 Å². The van der Waals surface area contributed by atoms with Gasteiger partial charge in [-0.1, -0.05) is 36.4 Å². The standard InChI is InChI=1S/C22H30N2O4S/c1-24-14-6-9-21(22(24)25)19(15-23-29(2,26)27)16-28-20-12-10-18(11-13-20)17-7-4-3-5-8-17/h3-9,14,18-20,23H,10-13,15-16H2,1-2H3/t18-,19-,20+/m0/s1. The van der Waals surface area contributed by atoms with Crippen molar-refractivity contribution >= 4 is 10.0 Å². The molecule has 1 heterocycles. The molecule has 1 saturated carbocycles. The highest BCUT2D eigenvalue weighted by Crippen LogP contribution is 2.34. The van der Waals surface area contributed by atoms with Gasteiger partial charge in [-0.25, -0.2) is 13.1 Å². The van der Waals surface area contributed by atoms with Crippen LogP contribution in [-0.4, -0.2) is 38.5 Å². The fourth-order valence-corrected chi connectivity index (χ4v) is 4.48. The topological polar surface area (TPSA) is 77.4 Å². The van der Waals surface area contributed by atoms with E-state index in [1.54, 1.807) is 25.4 Å². The molecule has 0 saturated heterocycles. The minimum absolute atomic E-state index is 0.121. The Morgan fingerprint density at radius 2 is 1.79 bits per heavy atom. The molecule has 0 spiro atoms. The van der Waals surface area contributed by atoms with Crippen LogP contribution >= 0.6 is 0 Å². The number of ether oxygens (including phenoxy) is 1. The molecule has 1 atom stereocenters. The number of aryl methyl sites for hydroxylation is 1. The van der Waals surface area contributed by atoms with Crippen LogP contribution in [0.4, 0.5) is 0 Å². The average molecular weight is 419 g/mol. The van der Waals surface area contributed by atoms with E-state index in [0.29, 0.717) is 18.1 Å². The molecule has 0 radical (unpaired) electrons. The molecule has 1 fully saturated rings. The number of hydrogen-bond acceptors (Lipinski definition) is 4. The predicted molar refractivity (Wildman–Crippen MR) is 115 cm³/mol. The quantitative estimate of drug-likeness (QED) is 0.715. The molecule has 1 aromatic heterocycles. The van der Waals surface area contributed by atoms with Crippen LogP contribution in [0.3, 0.4) is 0 Å². The van der Waals surface area contributed by atoms with Gasteiger partial charge in [-0.2, -0.15) is 0 Å². The molecule has 0 unspecified atom stereocenters. The zero-order valence-corrected chi connectivity index (χ0v) is 17.9. The van der Waals surface area contributed by atoms with Gasteiger partial charge in [0.1, 0.15) is 0 Å². The lowest BCUT2D eigenvalue weighted by Crippen LogP contribution is -2.34. The molecule has 1 aromatic carbocycles. The summed E-state index contributed by atoms with van der Waals surface area (Å²) in [6.45, 7) is 0.472.